The quantitative estimate of drug-likeness (QED) is 0.377. The van der Waals surface area contributed by atoms with E-state index in [4.69, 9.17) is 0 Å². The van der Waals surface area contributed by atoms with Crippen LogP contribution in [0.3, 0.4) is 0 Å². The summed E-state index contributed by atoms with van der Waals surface area (Å²) in [7, 11) is 0. The monoisotopic (exact) mass is 469 g/mol. The first-order chi connectivity index (χ1) is 17.0. The zero-order valence-electron chi connectivity index (χ0n) is 22.5. The van der Waals surface area contributed by atoms with E-state index in [1.165, 1.54) is 70.9 Å². The summed E-state index contributed by atoms with van der Waals surface area (Å²) in [5.41, 5.74) is 6.11. The molecule has 0 amide bonds. The number of hydrogen-bond donors (Lipinski definition) is 0. The van der Waals surface area contributed by atoms with Crippen LogP contribution >= 0.6 is 0 Å². The molecular formula is C34H47N. The van der Waals surface area contributed by atoms with Gasteiger partial charge < -0.3 is 0 Å². The molecule has 8 unspecified atom stereocenters. The molecule has 8 atom stereocenters. The summed E-state index contributed by atoms with van der Waals surface area (Å²) in [6.07, 6.45) is 29.8. The van der Waals surface area contributed by atoms with E-state index in [9.17, 15) is 0 Å². The van der Waals surface area contributed by atoms with Gasteiger partial charge in [-0.05, 0) is 86.5 Å². The second-order valence-corrected chi connectivity index (χ2v) is 13.9. The Bertz CT molecular complexity index is 998. The zero-order valence-corrected chi connectivity index (χ0v) is 22.5. The van der Waals surface area contributed by atoms with Crippen molar-refractivity contribution < 1.29 is 0 Å². The van der Waals surface area contributed by atoms with E-state index in [0.29, 0.717) is 23.2 Å². The van der Waals surface area contributed by atoms with Crippen LogP contribution in [0.2, 0.25) is 0 Å². The third-order valence-electron chi connectivity index (χ3n) is 12.3. The van der Waals surface area contributed by atoms with Crippen molar-refractivity contribution in [3.05, 3.63) is 59.3 Å². The molecule has 188 valence electrons. The molecule has 35 heavy (non-hydrogen) atoms. The summed E-state index contributed by atoms with van der Waals surface area (Å²) in [5, 5.41) is 0. The Morgan fingerprint density at radius 3 is 2.54 bits per heavy atom. The van der Waals surface area contributed by atoms with Crippen LogP contribution in [0.5, 0.6) is 0 Å². The second kappa shape index (κ2) is 8.61. The first-order valence-corrected chi connectivity index (χ1v) is 15.2. The van der Waals surface area contributed by atoms with Crippen LogP contribution in [0.25, 0.3) is 0 Å². The number of piperidine rings is 1. The molecule has 7 aliphatic rings. The summed E-state index contributed by atoms with van der Waals surface area (Å²) in [6.45, 7) is 10.6. The van der Waals surface area contributed by atoms with Crippen LogP contribution in [-0.4, -0.2) is 24.0 Å². The summed E-state index contributed by atoms with van der Waals surface area (Å²) in [6, 6.07) is 0.807. The van der Waals surface area contributed by atoms with Crippen LogP contribution < -0.4 is 0 Å². The lowest BCUT2D eigenvalue weighted by Gasteiger charge is -2.48. The fourth-order valence-electron chi connectivity index (χ4n) is 10.4. The molecule has 1 saturated carbocycles. The smallest absolute Gasteiger partial charge is 0.0167 e. The van der Waals surface area contributed by atoms with Gasteiger partial charge in [-0.2, -0.15) is 0 Å². The number of rotatable bonds is 3. The average molecular weight is 470 g/mol. The van der Waals surface area contributed by atoms with Crippen molar-refractivity contribution in [3.8, 4) is 0 Å². The van der Waals surface area contributed by atoms with Gasteiger partial charge in [0, 0.05) is 30.3 Å². The zero-order chi connectivity index (χ0) is 23.7. The fourth-order valence-corrected chi connectivity index (χ4v) is 10.4. The van der Waals surface area contributed by atoms with Crippen molar-refractivity contribution in [2.75, 3.05) is 13.1 Å². The molecule has 7 rings (SSSR count). The third-order valence-corrected chi connectivity index (χ3v) is 12.3. The van der Waals surface area contributed by atoms with Crippen LogP contribution in [0.1, 0.15) is 78.6 Å². The maximum Gasteiger partial charge on any atom is 0.0167 e. The highest BCUT2D eigenvalue weighted by atomic mass is 15.2. The van der Waals surface area contributed by atoms with Crippen LogP contribution in [0.15, 0.2) is 59.3 Å². The van der Waals surface area contributed by atoms with Crippen molar-refractivity contribution in [1.29, 1.82) is 0 Å². The van der Waals surface area contributed by atoms with Gasteiger partial charge in [0.15, 0.2) is 0 Å². The minimum absolute atomic E-state index is 0.523. The van der Waals surface area contributed by atoms with Crippen LogP contribution in [0.4, 0.5) is 0 Å². The van der Waals surface area contributed by atoms with Crippen LogP contribution in [0, 0.1) is 52.8 Å². The minimum atomic E-state index is 0.523. The fraction of sp³-hybridized carbons (Fsp3) is 0.706. The van der Waals surface area contributed by atoms with Gasteiger partial charge in [-0.15, -0.1) is 0 Å². The lowest BCUT2D eigenvalue weighted by molar-refractivity contribution is 0.0311. The SMILES string of the molecule is CC1C2=C(C(C3=CC=CCC3)CC3CN4CCC(C(C)(C)C5CCCC5)CC4C23)C2C=CC=CC12. The number of fused-ring (bicyclic) bond motifs is 6. The lowest BCUT2D eigenvalue weighted by Crippen LogP contribution is -2.46. The van der Waals surface area contributed by atoms with E-state index in [1.54, 1.807) is 5.57 Å². The van der Waals surface area contributed by atoms with Gasteiger partial charge in [-0.1, -0.05) is 92.9 Å². The molecule has 0 aromatic heterocycles. The van der Waals surface area contributed by atoms with Gasteiger partial charge in [0.2, 0.25) is 0 Å². The molecule has 0 radical (unpaired) electrons. The molecule has 3 fully saturated rings. The van der Waals surface area contributed by atoms with E-state index in [0.717, 1.165) is 35.6 Å². The Balaban J connectivity index is 1.26. The Hall–Kier alpha value is -1.34. The van der Waals surface area contributed by atoms with E-state index in [-0.39, 0.29) is 0 Å². The molecule has 0 bridgehead atoms. The molecule has 1 heteroatoms. The highest BCUT2D eigenvalue weighted by Crippen LogP contribution is 2.62. The number of allylic oxidation sites excluding steroid dienone is 9. The van der Waals surface area contributed by atoms with Gasteiger partial charge >= 0.3 is 0 Å². The first kappa shape index (κ1) is 22.8. The normalized spacial score (nSPS) is 43.2. The van der Waals surface area contributed by atoms with Gasteiger partial charge in [0.25, 0.3) is 0 Å². The van der Waals surface area contributed by atoms with Crippen molar-refractivity contribution in [2.45, 2.75) is 84.6 Å². The molecule has 0 N–H and O–H groups in total. The summed E-state index contributed by atoms with van der Waals surface area (Å²) >= 11 is 0. The minimum Gasteiger partial charge on any atom is -0.299 e. The molecule has 1 nitrogen and oxygen atoms in total. The molecule has 0 aromatic carbocycles. The number of hydrogen-bond acceptors (Lipinski definition) is 1. The summed E-state index contributed by atoms with van der Waals surface area (Å²) in [4.78, 5) is 2.99. The molecule has 2 heterocycles. The predicted octanol–water partition coefficient (Wildman–Crippen LogP) is 8.13. The topological polar surface area (TPSA) is 3.24 Å². The molecule has 2 aliphatic heterocycles. The van der Waals surface area contributed by atoms with Crippen molar-refractivity contribution in [3.63, 3.8) is 0 Å². The predicted molar refractivity (Wildman–Crippen MR) is 147 cm³/mol. The van der Waals surface area contributed by atoms with Gasteiger partial charge in [0.1, 0.15) is 0 Å². The van der Waals surface area contributed by atoms with Gasteiger partial charge in [-0.25, -0.2) is 0 Å². The van der Waals surface area contributed by atoms with Gasteiger partial charge in [0.05, 0.1) is 0 Å². The standard InChI is InChI=1S/C34H47N/c1-22-27-15-9-10-16-28(27)33-29(23-11-5-4-6-12-23)19-24-21-35-18-17-26(20-30(35)32(24)31(22)33)34(2,3)25-13-7-8-14-25/h4-5,9-11,15-16,22,24-30,32H,6-8,12-14,17-21H2,1-3H3. The lowest BCUT2D eigenvalue weighted by atomic mass is 9.61. The largest absolute Gasteiger partial charge is 0.299 e. The van der Waals surface area contributed by atoms with Gasteiger partial charge in [-0.3, -0.25) is 4.90 Å². The van der Waals surface area contributed by atoms with E-state index >= 15 is 0 Å². The Kier molecular flexibility index (Phi) is 5.62. The highest BCUT2D eigenvalue weighted by molar-refractivity contribution is 5.46. The molecule has 0 aromatic rings. The second-order valence-electron chi connectivity index (χ2n) is 13.9. The van der Waals surface area contributed by atoms with E-state index in [2.05, 4.69) is 68.2 Å². The van der Waals surface area contributed by atoms with Crippen molar-refractivity contribution >= 4 is 0 Å². The highest BCUT2D eigenvalue weighted by Gasteiger charge is 2.56. The Morgan fingerprint density at radius 2 is 1.74 bits per heavy atom. The molecular weight excluding hydrogens is 422 g/mol. The maximum atomic E-state index is 2.99. The van der Waals surface area contributed by atoms with Crippen molar-refractivity contribution in [1.82, 2.24) is 4.90 Å². The Morgan fingerprint density at radius 1 is 0.914 bits per heavy atom. The summed E-state index contributed by atoms with van der Waals surface area (Å²) in [5.74, 6) is 6.37. The molecule has 5 aliphatic carbocycles. The van der Waals surface area contributed by atoms with Crippen LogP contribution in [-0.2, 0) is 0 Å². The first-order valence-electron chi connectivity index (χ1n) is 15.2. The molecule has 2 saturated heterocycles. The van der Waals surface area contributed by atoms with E-state index < -0.39 is 0 Å². The Labute approximate surface area is 214 Å². The molecule has 0 spiro atoms. The van der Waals surface area contributed by atoms with E-state index in [1.807, 2.05) is 11.1 Å². The average Bonchev–Trinajstić information content (AvgIpc) is 3.61. The number of nitrogens with zero attached hydrogens (tertiary/aromatic N) is 1. The third kappa shape index (κ3) is 3.50. The maximum absolute atomic E-state index is 2.99. The summed E-state index contributed by atoms with van der Waals surface area (Å²) < 4.78 is 0. The van der Waals surface area contributed by atoms with Crippen molar-refractivity contribution in [2.24, 2.45) is 52.8 Å².